The third-order valence-electron chi connectivity index (χ3n) is 6.82. The molecule has 1 atom stereocenters. The molecule has 4 heteroatoms. The lowest BCUT2D eigenvalue weighted by atomic mass is 9.94. The van der Waals surface area contributed by atoms with Crippen LogP contribution in [0.2, 0.25) is 0 Å². The van der Waals surface area contributed by atoms with E-state index in [-0.39, 0.29) is 6.04 Å². The van der Waals surface area contributed by atoms with E-state index in [2.05, 4.69) is 94.2 Å². The molecule has 2 aromatic heterocycles. The third kappa shape index (κ3) is 2.29. The van der Waals surface area contributed by atoms with Crippen LogP contribution in [0, 0.1) is 0 Å². The molecule has 0 bridgehead atoms. The van der Waals surface area contributed by atoms with E-state index in [0.29, 0.717) is 0 Å². The minimum atomic E-state index is 0.137. The van der Waals surface area contributed by atoms with Crippen LogP contribution in [-0.4, -0.2) is 21.5 Å². The summed E-state index contributed by atoms with van der Waals surface area (Å²) in [6.45, 7) is 0. The largest absolute Gasteiger partial charge is 0.497 e. The molecule has 154 valence electrons. The van der Waals surface area contributed by atoms with Crippen LogP contribution in [0.5, 0.6) is 5.75 Å². The number of fused-ring (bicyclic) bond motifs is 8. The van der Waals surface area contributed by atoms with Crippen LogP contribution in [0.15, 0.2) is 91.0 Å². The summed E-state index contributed by atoms with van der Waals surface area (Å²) in [5.41, 5.74) is 7.15. The molecule has 0 aliphatic carbocycles. The monoisotopic (exact) mass is 415 g/mol. The Morgan fingerprint density at radius 3 is 2.16 bits per heavy atom. The van der Waals surface area contributed by atoms with Gasteiger partial charge in [0.1, 0.15) is 5.75 Å². The highest BCUT2D eigenvalue weighted by molar-refractivity contribution is 6.08. The van der Waals surface area contributed by atoms with Crippen molar-refractivity contribution in [3.63, 3.8) is 0 Å². The van der Waals surface area contributed by atoms with Crippen LogP contribution in [0.1, 0.15) is 17.3 Å². The van der Waals surface area contributed by atoms with Gasteiger partial charge in [0, 0.05) is 39.2 Å². The summed E-state index contributed by atoms with van der Waals surface area (Å²) in [6.07, 6.45) is 0.864. The van der Waals surface area contributed by atoms with Crippen LogP contribution in [0.3, 0.4) is 0 Å². The molecule has 0 spiro atoms. The SMILES string of the molecule is COc1ccc2c(c1)[C@@H](n1c3ccccc3c3ccccc31)Cc1c3ccccc3nn1-2. The van der Waals surface area contributed by atoms with Crippen molar-refractivity contribution in [3.05, 3.63) is 102 Å². The standard InChI is InChI=1S/C28H21N3O/c1-32-18-14-15-26-22(16-18)27(17-28-21-10-2-5-11-23(21)29-31(26)28)30-24-12-6-3-8-19(24)20-9-4-7-13-25(20)30/h2-16,27H,17H2,1H3/t27-/m0/s1. The molecule has 1 aliphatic heterocycles. The van der Waals surface area contributed by atoms with Crippen LogP contribution >= 0.6 is 0 Å². The fourth-order valence-corrected chi connectivity index (χ4v) is 5.41. The number of hydrogen-bond donors (Lipinski definition) is 0. The molecule has 3 heterocycles. The van der Waals surface area contributed by atoms with Gasteiger partial charge in [-0.05, 0) is 36.4 Å². The number of benzene rings is 4. The zero-order valence-corrected chi connectivity index (χ0v) is 17.7. The molecule has 0 amide bonds. The van der Waals surface area contributed by atoms with Crippen molar-refractivity contribution in [2.24, 2.45) is 0 Å². The van der Waals surface area contributed by atoms with Crippen molar-refractivity contribution in [2.45, 2.75) is 12.5 Å². The van der Waals surface area contributed by atoms with E-state index in [9.17, 15) is 0 Å². The highest BCUT2D eigenvalue weighted by atomic mass is 16.5. The molecule has 0 saturated carbocycles. The zero-order chi connectivity index (χ0) is 21.2. The summed E-state index contributed by atoms with van der Waals surface area (Å²) in [5.74, 6) is 0.870. The number of rotatable bonds is 2. The van der Waals surface area contributed by atoms with E-state index in [1.165, 1.54) is 38.4 Å². The minimum absolute atomic E-state index is 0.137. The number of hydrogen-bond acceptors (Lipinski definition) is 2. The summed E-state index contributed by atoms with van der Waals surface area (Å²) in [5, 5.41) is 8.76. The van der Waals surface area contributed by atoms with E-state index < -0.39 is 0 Å². The first kappa shape index (κ1) is 17.6. The van der Waals surface area contributed by atoms with Gasteiger partial charge in [0.05, 0.1) is 30.0 Å². The Balaban J connectivity index is 1.59. The summed E-state index contributed by atoms with van der Waals surface area (Å²) in [7, 11) is 1.73. The molecule has 0 fully saturated rings. The van der Waals surface area contributed by atoms with Gasteiger partial charge in [-0.2, -0.15) is 5.10 Å². The van der Waals surface area contributed by atoms with Gasteiger partial charge in [0.25, 0.3) is 0 Å². The fourth-order valence-electron chi connectivity index (χ4n) is 5.41. The van der Waals surface area contributed by atoms with E-state index in [4.69, 9.17) is 9.84 Å². The quantitative estimate of drug-likeness (QED) is 0.333. The second-order valence-electron chi connectivity index (χ2n) is 8.42. The highest BCUT2D eigenvalue weighted by Crippen LogP contribution is 2.42. The van der Waals surface area contributed by atoms with Crippen molar-refractivity contribution in [2.75, 3.05) is 7.11 Å². The maximum Gasteiger partial charge on any atom is 0.119 e. The summed E-state index contributed by atoms with van der Waals surface area (Å²) >= 11 is 0. The second-order valence-corrected chi connectivity index (χ2v) is 8.42. The van der Waals surface area contributed by atoms with Crippen molar-refractivity contribution in [1.82, 2.24) is 14.3 Å². The third-order valence-corrected chi connectivity index (χ3v) is 6.82. The molecule has 1 aliphatic rings. The number of nitrogens with zero attached hydrogens (tertiary/aromatic N) is 3. The average Bonchev–Trinajstić information content (AvgIpc) is 3.39. The fraction of sp³-hybridized carbons (Fsp3) is 0.107. The normalized spacial score (nSPS) is 15.2. The molecule has 0 N–H and O–H groups in total. The van der Waals surface area contributed by atoms with Gasteiger partial charge in [-0.1, -0.05) is 54.6 Å². The number of para-hydroxylation sites is 2. The maximum atomic E-state index is 5.63. The lowest BCUT2D eigenvalue weighted by molar-refractivity contribution is 0.412. The first-order valence-corrected chi connectivity index (χ1v) is 11.0. The van der Waals surface area contributed by atoms with E-state index >= 15 is 0 Å². The number of ether oxygens (including phenoxy) is 1. The van der Waals surface area contributed by atoms with E-state index in [1.54, 1.807) is 7.11 Å². The Bertz CT molecular complexity index is 1600. The van der Waals surface area contributed by atoms with E-state index in [1.807, 2.05) is 6.07 Å². The molecule has 32 heavy (non-hydrogen) atoms. The first-order chi connectivity index (χ1) is 15.8. The Labute approximate surface area is 185 Å². The molecule has 7 rings (SSSR count). The topological polar surface area (TPSA) is 32.0 Å². The second kappa shape index (κ2) is 6.47. The van der Waals surface area contributed by atoms with Gasteiger partial charge in [-0.15, -0.1) is 0 Å². The van der Waals surface area contributed by atoms with Crippen molar-refractivity contribution in [3.8, 4) is 11.4 Å². The van der Waals surface area contributed by atoms with Crippen LogP contribution < -0.4 is 4.74 Å². The number of aromatic nitrogens is 3. The Kier molecular flexibility index (Phi) is 3.56. The Morgan fingerprint density at radius 2 is 1.44 bits per heavy atom. The highest BCUT2D eigenvalue weighted by Gasteiger charge is 2.31. The van der Waals surface area contributed by atoms with Gasteiger partial charge in [0.2, 0.25) is 0 Å². The predicted octanol–water partition coefficient (Wildman–Crippen LogP) is 6.29. The van der Waals surface area contributed by atoms with Gasteiger partial charge >= 0.3 is 0 Å². The first-order valence-electron chi connectivity index (χ1n) is 11.0. The van der Waals surface area contributed by atoms with Crippen molar-refractivity contribution < 1.29 is 4.74 Å². The molecule has 0 unspecified atom stereocenters. The van der Waals surface area contributed by atoms with Crippen LogP contribution in [-0.2, 0) is 6.42 Å². The summed E-state index contributed by atoms with van der Waals surface area (Å²) in [4.78, 5) is 0. The molecular weight excluding hydrogens is 394 g/mol. The van der Waals surface area contributed by atoms with Gasteiger partial charge in [-0.3, -0.25) is 0 Å². The molecule has 4 aromatic carbocycles. The van der Waals surface area contributed by atoms with Crippen molar-refractivity contribution >= 4 is 32.7 Å². The minimum Gasteiger partial charge on any atom is -0.497 e. The van der Waals surface area contributed by atoms with Gasteiger partial charge in [0.15, 0.2) is 0 Å². The molecule has 4 nitrogen and oxygen atoms in total. The van der Waals surface area contributed by atoms with Gasteiger partial charge in [-0.25, -0.2) is 4.68 Å². The predicted molar refractivity (Wildman–Crippen MR) is 129 cm³/mol. The van der Waals surface area contributed by atoms with Crippen LogP contribution in [0.25, 0.3) is 38.4 Å². The molecule has 0 saturated heterocycles. The Morgan fingerprint density at radius 1 is 0.781 bits per heavy atom. The Hall–Kier alpha value is -4.05. The zero-order valence-electron chi connectivity index (χ0n) is 17.7. The number of methoxy groups -OCH3 is 1. The molecular formula is C28H21N3O. The maximum absolute atomic E-state index is 5.63. The lowest BCUT2D eigenvalue weighted by Gasteiger charge is -2.29. The van der Waals surface area contributed by atoms with Gasteiger partial charge < -0.3 is 9.30 Å². The average molecular weight is 415 g/mol. The van der Waals surface area contributed by atoms with Crippen molar-refractivity contribution in [1.29, 1.82) is 0 Å². The summed E-state index contributed by atoms with van der Waals surface area (Å²) < 4.78 is 10.3. The molecule has 0 radical (unpaired) electrons. The smallest absolute Gasteiger partial charge is 0.119 e. The molecule has 6 aromatic rings. The van der Waals surface area contributed by atoms with Crippen LogP contribution in [0.4, 0.5) is 0 Å². The van der Waals surface area contributed by atoms with E-state index in [0.717, 1.165) is 23.4 Å². The summed E-state index contributed by atoms with van der Waals surface area (Å²) in [6, 6.07) is 32.4. The lowest BCUT2D eigenvalue weighted by Crippen LogP contribution is -2.23.